The van der Waals surface area contributed by atoms with Gasteiger partial charge in [0, 0.05) is 4.47 Å². The molecule has 54 valence electrons. The fourth-order valence-electron chi connectivity index (χ4n) is 0.525. The fraction of sp³-hybridized carbons (Fsp3) is 0. The molecule has 4 heteroatoms. The maximum absolute atomic E-state index is 5.80. The minimum absolute atomic E-state index is 0.681. The van der Waals surface area contributed by atoms with Gasteiger partial charge in [-0.3, -0.25) is 0 Å². The van der Waals surface area contributed by atoms with Crippen molar-refractivity contribution in [2.24, 2.45) is 0 Å². The fourth-order valence-corrected chi connectivity index (χ4v) is 2.04. The molecule has 0 amide bonds. The van der Waals surface area contributed by atoms with Gasteiger partial charge in [-0.2, -0.15) is 0 Å². The minimum Gasteiger partial charge on any atom is -0.0831 e. The first-order chi connectivity index (χ1) is 4.61. The van der Waals surface area contributed by atoms with E-state index >= 15 is 0 Å². The Morgan fingerprint density at radius 1 is 1.20 bits per heavy atom. The van der Waals surface area contributed by atoms with Crippen molar-refractivity contribution in [1.82, 2.24) is 0 Å². The van der Waals surface area contributed by atoms with Crippen molar-refractivity contribution >= 4 is 61.7 Å². The zero-order valence-electron chi connectivity index (χ0n) is 4.67. The molecule has 0 aliphatic carbocycles. The predicted octanol–water partition coefficient (Wildman–Crippen LogP) is 4.36. The van der Waals surface area contributed by atoms with Crippen molar-refractivity contribution in [1.29, 1.82) is 0 Å². The molecule has 0 saturated carbocycles. The highest BCUT2D eigenvalue weighted by atomic mass is 127. The third-order valence-electron chi connectivity index (χ3n) is 0.949. The van der Waals surface area contributed by atoms with E-state index in [1.807, 2.05) is 12.1 Å². The summed E-state index contributed by atoms with van der Waals surface area (Å²) in [5.74, 6) is 0. The summed E-state index contributed by atoms with van der Waals surface area (Å²) >= 11 is 17.0. The summed E-state index contributed by atoms with van der Waals surface area (Å²) in [5, 5.41) is 1.36. The molecular formula is C6H2BrCl2I. The number of hydrogen-bond donors (Lipinski definition) is 0. The predicted molar refractivity (Wildman–Crippen MR) is 56.9 cm³/mol. The van der Waals surface area contributed by atoms with Crippen LogP contribution in [-0.2, 0) is 0 Å². The van der Waals surface area contributed by atoms with Gasteiger partial charge in [0.2, 0.25) is 0 Å². The van der Waals surface area contributed by atoms with Crippen molar-refractivity contribution in [3.63, 3.8) is 0 Å². The summed E-state index contributed by atoms with van der Waals surface area (Å²) in [4.78, 5) is 0. The summed E-state index contributed by atoms with van der Waals surface area (Å²) < 4.78 is 1.80. The van der Waals surface area contributed by atoms with Crippen LogP contribution in [0.2, 0.25) is 10.0 Å². The van der Waals surface area contributed by atoms with Gasteiger partial charge in [-0.15, -0.1) is 0 Å². The van der Waals surface area contributed by atoms with Crippen LogP contribution in [0.25, 0.3) is 0 Å². The maximum atomic E-state index is 5.80. The molecule has 0 bridgehead atoms. The molecule has 0 saturated heterocycles. The average molecular weight is 352 g/mol. The number of benzene rings is 1. The second-order valence-electron chi connectivity index (χ2n) is 1.68. The van der Waals surface area contributed by atoms with Crippen LogP contribution in [0.1, 0.15) is 0 Å². The van der Waals surface area contributed by atoms with Gasteiger partial charge in [-0.05, 0) is 34.7 Å². The van der Waals surface area contributed by atoms with Crippen molar-refractivity contribution in [2.75, 3.05) is 0 Å². The topological polar surface area (TPSA) is 0 Å². The maximum Gasteiger partial charge on any atom is 0.0565 e. The van der Waals surface area contributed by atoms with Crippen molar-refractivity contribution in [2.45, 2.75) is 0 Å². The molecule has 0 fully saturated rings. The lowest BCUT2D eigenvalue weighted by atomic mass is 10.4. The molecule has 10 heavy (non-hydrogen) atoms. The molecule has 0 spiro atoms. The van der Waals surface area contributed by atoms with E-state index in [4.69, 9.17) is 23.2 Å². The molecule has 1 aromatic rings. The van der Waals surface area contributed by atoms with Gasteiger partial charge in [0.15, 0.2) is 0 Å². The largest absolute Gasteiger partial charge is 0.0831 e. The third kappa shape index (κ3) is 2.00. The van der Waals surface area contributed by atoms with Crippen LogP contribution < -0.4 is 0 Å². The molecule has 0 nitrogen and oxygen atoms in total. The first-order valence-electron chi connectivity index (χ1n) is 2.41. The lowest BCUT2D eigenvalue weighted by Crippen LogP contribution is -1.76. The average Bonchev–Trinajstić information content (AvgIpc) is 1.82. The summed E-state index contributed by atoms with van der Waals surface area (Å²) in [6, 6.07) is 3.63. The van der Waals surface area contributed by atoms with Crippen LogP contribution in [0.4, 0.5) is 0 Å². The third-order valence-corrected chi connectivity index (χ3v) is 3.80. The Hall–Kier alpha value is 1.01. The molecule has 0 N–H and O–H groups in total. The van der Waals surface area contributed by atoms with E-state index in [1.54, 1.807) is 0 Å². The molecule has 0 atom stereocenters. The Bertz CT molecular complexity index is 239. The van der Waals surface area contributed by atoms with Gasteiger partial charge in [0.05, 0.1) is 13.6 Å². The Balaban J connectivity index is 3.31. The van der Waals surface area contributed by atoms with Gasteiger partial charge in [-0.25, -0.2) is 0 Å². The lowest BCUT2D eigenvalue weighted by molar-refractivity contribution is 1.60. The van der Waals surface area contributed by atoms with Crippen LogP contribution in [0, 0.1) is 3.57 Å². The molecule has 0 aromatic heterocycles. The van der Waals surface area contributed by atoms with Gasteiger partial charge >= 0.3 is 0 Å². The molecule has 1 rings (SSSR count). The van der Waals surface area contributed by atoms with Crippen LogP contribution in [0.3, 0.4) is 0 Å². The van der Waals surface area contributed by atoms with Crippen molar-refractivity contribution in [3.05, 3.63) is 30.2 Å². The zero-order chi connectivity index (χ0) is 7.72. The monoisotopic (exact) mass is 350 g/mol. The molecular weight excluding hydrogens is 350 g/mol. The quantitative estimate of drug-likeness (QED) is 0.370. The van der Waals surface area contributed by atoms with Gasteiger partial charge in [-0.1, -0.05) is 39.1 Å². The number of rotatable bonds is 0. The van der Waals surface area contributed by atoms with Gasteiger partial charge in [0.25, 0.3) is 0 Å². The summed E-state index contributed by atoms with van der Waals surface area (Å²) in [6.07, 6.45) is 0. The van der Waals surface area contributed by atoms with Gasteiger partial charge in [0.1, 0.15) is 0 Å². The number of halogens is 4. The van der Waals surface area contributed by atoms with E-state index in [-0.39, 0.29) is 0 Å². The first-order valence-corrected chi connectivity index (χ1v) is 5.04. The molecule has 1 aromatic carbocycles. The molecule has 0 unspecified atom stereocenters. The van der Waals surface area contributed by atoms with Crippen LogP contribution in [0.15, 0.2) is 16.6 Å². The summed E-state index contributed by atoms with van der Waals surface area (Å²) in [7, 11) is 0. The Labute approximate surface area is 91.2 Å². The highest BCUT2D eigenvalue weighted by Gasteiger charge is 2.02. The summed E-state index contributed by atoms with van der Waals surface area (Å²) in [5.41, 5.74) is 0. The first kappa shape index (κ1) is 9.10. The second kappa shape index (κ2) is 3.61. The SMILES string of the molecule is Clc1cc(Br)cc(Cl)c1I. The van der Waals surface area contributed by atoms with Crippen LogP contribution in [0.5, 0.6) is 0 Å². The molecule has 0 radical (unpaired) electrons. The smallest absolute Gasteiger partial charge is 0.0565 e. The van der Waals surface area contributed by atoms with E-state index < -0.39 is 0 Å². The highest BCUT2D eigenvalue weighted by molar-refractivity contribution is 14.1. The van der Waals surface area contributed by atoms with E-state index in [0.29, 0.717) is 10.0 Å². The summed E-state index contributed by atoms with van der Waals surface area (Å²) in [6.45, 7) is 0. The van der Waals surface area contributed by atoms with E-state index in [1.165, 1.54) is 0 Å². The van der Waals surface area contributed by atoms with Crippen LogP contribution in [-0.4, -0.2) is 0 Å². The highest BCUT2D eigenvalue weighted by Crippen LogP contribution is 2.29. The van der Waals surface area contributed by atoms with E-state index in [2.05, 4.69) is 38.5 Å². The normalized spacial score (nSPS) is 10.0. The van der Waals surface area contributed by atoms with E-state index in [9.17, 15) is 0 Å². The Morgan fingerprint density at radius 3 is 2.00 bits per heavy atom. The zero-order valence-corrected chi connectivity index (χ0v) is 9.92. The van der Waals surface area contributed by atoms with Crippen molar-refractivity contribution < 1.29 is 0 Å². The van der Waals surface area contributed by atoms with Gasteiger partial charge < -0.3 is 0 Å². The molecule has 0 aliphatic rings. The van der Waals surface area contributed by atoms with Crippen LogP contribution >= 0.6 is 61.7 Å². The standard InChI is InChI=1S/C6H2BrCl2I/c7-3-1-4(8)6(10)5(9)2-3/h1-2H. The molecule has 0 heterocycles. The lowest BCUT2D eigenvalue weighted by Gasteiger charge is -1.98. The Morgan fingerprint density at radius 2 is 1.60 bits per heavy atom. The van der Waals surface area contributed by atoms with E-state index in [0.717, 1.165) is 8.04 Å². The number of hydrogen-bond acceptors (Lipinski definition) is 0. The minimum atomic E-state index is 0.681. The second-order valence-corrected chi connectivity index (χ2v) is 4.49. The Kier molecular flexibility index (Phi) is 3.28. The van der Waals surface area contributed by atoms with Crippen molar-refractivity contribution in [3.8, 4) is 0 Å². The molecule has 0 aliphatic heterocycles.